The van der Waals surface area contributed by atoms with Gasteiger partial charge in [-0.1, -0.05) is 18.2 Å². The molecule has 3 rings (SSSR count). The van der Waals surface area contributed by atoms with Crippen LogP contribution in [0, 0.1) is 11.3 Å². The Labute approximate surface area is 122 Å². The summed E-state index contributed by atoms with van der Waals surface area (Å²) in [5.41, 5.74) is 1.78. The summed E-state index contributed by atoms with van der Waals surface area (Å²) >= 11 is 1.69. The standard InChI is InChI=1S/C16H13NO2S/c17-10-12-3-1-2-4-13(12)11-20-14-5-6-15-16(9-14)19-8-7-18-15/h1-6,9H,7-8,11H2. The Balaban J connectivity index is 1.74. The van der Waals surface area contributed by atoms with E-state index in [0.717, 1.165) is 33.3 Å². The van der Waals surface area contributed by atoms with Gasteiger partial charge in [-0.05, 0) is 29.8 Å². The fraction of sp³-hybridized carbons (Fsp3) is 0.188. The Morgan fingerprint density at radius 2 is 1.85 bits per heavy atom. The number of nitriles is 1. The largest absolute Gasteiger partial charge is 0.486 e. The zero-order chi connectivity index (χ0) is 13.8. The van der Waals surface area contributed by atoms with E-state index in [1.807, 2.05) is 42.5 Å². The molecule has 2 aromatic rings. The molecule has 0 N–H and O–H groups in total. The summed E-state index contributed by atoms with van der Waals surface area (Å²) in [6, 6.07) is 15.9. The first-order valence-electron chi connectivity index (χ1n) is 6.37. The van der Waals surface area contributed by atoms with Crippen molar-refractivity contribution in [2.75, 3.05) is 13.2 Å². The van der Waals surface area contributed by atoms with Crippen molar-refractivity contribution in [1.29, 1.82) is 5.26 Å². The van der Waals surface area contributed by atoms with Crippen molar-refractivity contribution < 1.29 is 9.47 Å². The number of ether oxygens (including phenoxy) is 2. The van der Waals surface area contributed by atoms with Crippen LogP contribution in [0.4, 0.5) is 0 Å². The van der Waals surface area contributed by atoms with Crippen LogP contribution < -0.4 is 9.47 Å². The molecule has 0 spiro atoms. The molecule has 1 heterocycles. The molecule has 0 bridgehead atoms. The van der Waals surface area contributed by atoms with Crippen molar-refractivity contribution in [2.45, 2.75) is 10.6 Å². The normalized spacial score (nSPS) is 12.8. The first-order chi connectivity index (χ1) is 9.86. The smallest absolute Gasteiger partial charge is 0.162 e. The first-order valence-corrected chi connectivity index (χ1v) is 7.36. The van der Waals surface area contributed by atoms with Crippen LogP contribution in [-0.4, -0.2) is 13.2 Å². The predicted molar refractivity (Wildman–Crippen MR) is 78.2 cm³/mol. The number of hydrogen-bond donors (Lipinski definition) is 0. The van der Waals surface area contributed by atoms with E-state index >= 15 is 0 Å². The lowest BCUT2D eigenvalue weighted by atomic mass is 10.1. The Hall–Kier alpha value is -2.12. The Kier molecular flexibility index (Phi) is 3.80. The summed E-state index contributed by atoms with van der Waals surface area (Å²) in [5, 5.41) is 9.08. The quantitative estimate of drug-likeness (QED) is 0.807. The van der Waals surface area contributed by atoms with Crippen molar-refractivity contribution in [2.24, 2.45) is 0 Å². The average Bonchev–Trinajstić information content (AvgIpc) is 2.53. The zero-order valence-electron chi connectivity index (χ0n) is 10.8. The third-order valence-electron chi connectivity index (χ3n) is 3.05. The van der Waals surface area contributed by atoms with Gasteiger partial charge in [-0.3, -0.25) is 0 Å². The number of nitrogens with zero attached hydrogens (tertiary/aromatic N) is 1. The summed E-state index contributed by atoms with van der Waals surface area (Å²) in [7, 11) is 0. The van der Waals surface area contributed by atoms with Crippen LogP contribution in [0.3, 0.4) is 0 Å². The number of thioether (sulfide) groups is 1. The van der Waals surface area contributed by atoms with E-state index in [4.69, 9.17) is 14.7 Å². The molecule has 0 aliphatic carbocycles. The monoisotopic (exact) mass is 283 g/mol. The van der Waals surface area contributed by atoms with E-state index in [9.17, 15) is 0 Å². The molecule has 4 heteroatoms. The summed E-state index contributed by atoms with van der Waals surface area (Å²) < 4.78 is 11.1. The Morgan fingerprint density at radius 1 is 1.05 bits per heavy atom. The summed E-state index contributed by atoms with van der Waals surface area (Å²) in [4.78, 5) is 1.11. The number of benzene rings is 2. The highest BCUT2D eigenvalue weighted by Gasteiger charge is 2.12. The molecule has 100 valence electrons. The lowest BCUT2D eigenvalue weighted by Crippen LogP contribution is -2.15. The maximum Gasteiger partial charge on any atom is 0.162 e. The van der Waals surface area contributed by atoms with E-state index in [0.29, 0.717) is 13.2 Å². The van der Waals surface area contributed by atoms with Crippen molar-refractivity contribution in [3.05, 3.63) is 53.6 Å². The molecule has 2 aromatic carbocycles. The second kappa shape index (κ2) is 5.89. The van der Waals surface area contributed by atoms with E-state index < -0.39 is 0 Å². The fourth-order valence-corrected chi connectivity index (χ4v) is 2.96. The highest BCUT2D eigenvalue weighted by Crippen LogP contribution is 2.35. The number of rotatable bonds is 3. The molecule has 3 nitrogen and oxygen atoms in total. The molecule has 1 aliphatic rings. The van der Waals surface area contributed by atoms with Gasteiger partial charge in [-0.25, -0.2) is 0 Å². The van der Waals surface area contributed by atoms with Gasteiger partial charge in [0.05, 0.1) is 11.6 Å². The van der Waals surface area contributed by atoms with E-state index in [1.165, 1.54) is 0 Å². The number of fused-ring (bicyclic) bond motifs is 1. The zero-order valence-corrected chi connectivity index (χ0v) is 11.7. The summed E-state index contributed by atoms with van der Waals surface area (Å²) in [5.74, 6) is 2.37. The molecule has 0 atom stereocenters. The van der Waals surface area contributed by atoms with Gasteiger partial charge in [0.15, 0.2) is 11.5 Å². The number of hydrogen-bond acceptors (Lipinski definition) is 4. The van der Waals surface area contributed by atoms with Crippen LogP contribution in [-0.2, 0) is 5.75 Å². The van der Waals surface area contributed by atoms with E-state index in [-0.39, 0.29) is 0 Å². The minimum atomic E-state index is 0.596. The molecule has 0 fully saturated rings. The van der Waals surface area contributed by atoms with Gasteiger partial charge in [0.1, 0.15) is 13.2 Å². The summed E-state index contributed by atoms with van der Waals surface area (Å²) in [6.45, 7) is 1.20. The Morgan fingerprint density at radius 3 is 2.70 bits per heavy atom. The van der Waals surface area contributed by atoms with Crippen molar-refractivity contribution in [1.82, 2.24) is 0 Å². The molecule has 0 aromatic heterocycles. The predicted octanol–water partition coefficient (Wildman–Crippen LogP) is 3.62. The lowest BCUT2D eigenvalue weighted by Gasteiger charge is -2.18. The van der Waals surface area contributed by atoms with Crippen LogP contribution in [0.25, 0.3) is 0 Å². The highest BCUT2D eigenvalue weighted by molar-refractivity contribution is 7.98. The van der Waals surface area contributed by atoms with Gasteiger partial charge in [0, 0.05) is 10.6 Å². The molecule has 0 radical (unpaired) electrons. The topological polar surface area (TPSA) is 42.2 Å². The third-order valence-corrected chi connectivity index (χ3v) is 4.09. The van der Waals surface area contributed by atoms with Gasteiger partial charge >= 0.3 is 0 Å². The van der Waals surface area contributed by atoms with E-state index in [1.54, 1.807) is 11.8 Å². The summed E-state index contributed by atoms with van der Waals surface area (Å²) in [6.07, 6.45) is 0. The van der Waals surface area contributed by atoms with Crippen LogP contribution in [0.5, 0.6) is 11.5 Å². The van der Waals surface area contributed by atoms with Gasteiger partial charge in [0.2, 0.25) is 0 Å². The van der Waals surface area contributed by atoms with Crippen molar-refractivity contribution in [3.63, 3.8) is 0 Å². The van der Waals surface area contributed by atoms with Crippen molar-refractivity contribution >= 4 is 11.8 Å². The molecule has 0 saturated carbocycles. The molecule has 1 aliphatic heterocycles. The van der Waals surface area contributed by atoms with Crippen LogP contribution in [0.2, 0.25) is 0 Å². The second-order valence-electron chi connectivity index (χ2n) is 4.36. The van der Waals surface area contributed by atoms with Crippen LogP contribution in [0.15, 0.2) is 47.4 Å². The van der Waals surface area contributed by atoms with E-state index in [2.05, 4.69) is 6.07 Å². The molecule has 0 unspecified atom stereocenters. The van der Waals surface area contributed by atoms with Gasteiger partial charge in [-0.15, -0.1) is 11.8 Å². The fourth-order valence-electron chi connectivity index (χ4n) is 2.03. The highest BCUT2D eigenvalue weighted by atomic mass is 32.2. The third kappa shape index (κ3) is 2.73. The first kappa shape index (κ1) is 12.9. The van der Waals surface area contributed by atoms with Crippen LogP contribution >= 0.6 is 11.8 Å². The van der Waals surface area contributed by atoms with Crippen molar-refractivity contribution in [3.8, 4) is 17.6 Å². The SMILES string of the molecule is N#Cc1ccccc1CSc1ccc2c(c1)OCCO2. The second-order valence-corrected chi connectivity index (χ2v) is 5.41. The Bertz CT molecular complexity index is 664. The molecule has 20 heavy (non-hydrogen) atoms. The maximum atomic E-state index is 9.08. The molecular weight excluding hydrogens is 270 g/mol. The minimum Gasteiger partial charge on any atom is -0.486 e. The molecule has 0 saturated heterocycles. The maximum absolute atomic E-state index is 9.08. The molecular formula is C16H13NO2S. The van der Waals surface area contributed by atoms with Gasteiger partial charge in [-0.2, -0.15) is 5.26 Å². The van der Waals surface area contributed by atoms with Gasteiger partial charge < -0.3 is 9.47 Å². The average molecular weight is 283 g/mol. The van der Waals surface area contributed by atoms with Gasteiger partial charge in [0.25, 0.3) is 0 Å². The minimum absolute atomic E-state index is 0.596. The lowest BCUT2D eigenvalue weighted by molar-refractivity contribution is 0.171. The molecule has 0 amide bonds. The van der Waals surface area contributed by atoms with Crippen LogP contribution in [0.1, 0.15) is 11.1 Å².